The molecule has 0 spiro atoms. The van der Waals surface area contributed by atoms with Crippen molar-refractivity contribution in [3.8, 4) is 0 Å². The van der Waals surface area contributed by atoms with E-state index in [2.05, 4.69) is 5.16 Å². The first-order valence-electron chi connectivity index (χ1n) is 5.27. The van der Waals surface area contributed by atoms with E-state index in [4.69, 9.17) is 8.94 Å². The van der Waals surface area contributed by atoms with E-state index in [0.717, 1.165) is 11.5 Å². The zero-order chi connectivity index (χ0) is 11.1. The molecule has 0 saturated carbocycles. The number of ketones is 1. The minimum absolute atomic E-state index is 0.0848. The average molecular weight is 217 g/mol. The molecule has 0 radical (unpaired) electrons. The maximum absolute atomic E-state index is 11.8. The summed E-state index contributed by atoms with van der Waals surface area (Å²) in [5.41, 5.74) is 0.625. The Morgan fingerprint density at radius 1 is 1.38 bits per heavy atom. The molecule has 1 aliphatic carbocycles. The normalized spacial score (nSPS) is 19.8. The van der Waals surface area contributed by atoms with E-state index in [1.807, 2.05) is 19.1 Å². The summed E-state index contributed by atoms with van der Waals surface area (Å²) in [6.45, 7) is 1.90. The lowest BCUT2D eigenvalue weighted by atomic mass is 9.86. The predicted molar refractivity (Wildman–Crippen MR) is 55.3 cm³/mol. The highest BCUT2D eigenvalue weighted by atomic mass is 16.5. The highest BCUT2D eigenvalue weighted by Crippen LogP contribution is 2.33. The molecule has 4 heteroatoms. The van der Waals surface area contributed by atoms with Gasteiger partial charge >= 0.3 is 0 Å². The van der Waals surface area contributed by atoms with Gasteiger partial charge in [0.15, 0.2) is 5.78 Å². The predicted octanol–water partition coefficient (Wildman–Crippen LogP) is 2.49. The summed E-state index contributed by atoms with van der Waals surface area (Å²) in [5.74, 6) is 2.57. The van der Waals surface area contributed by atoms with E-state index in [1.165, 1.54) is 6.20 Å². The summed E-state index contributed by atoms with van der Waals surface area (Å²) in [6.07, 6.45) is 2.66. The molecular weight excluding hydrogens is 206 g/mol. The van der Waals surface area contributed by atoms with Gasteiger partial charge in [-0.3, -0.25) is 4.79 Å². The zero-order valence-electron chi connectivity index (χ0n) is 8.90. The Hall–Kier alpha value is -1.84. The minimum atomic E-state index is 0.0848. The standard InChI is InChI=1S/C12H11NO3/c1-7-2-3-11(15-7)8-4-10(14)9-6-13-16-12(9)5-8/h2-3,6,8H,4-5H2,1H3/t8-/m0/s1. The van der Waals surface area contributed by atoms with Crippen molar-refractivity contribution in [3.05, 3.63) is 41.2 Å². The van der Waals surface area contributed by atoms with Crippen molar-refractivity contribution >= 4 is 5.78 Å². The van der Waals surface area contributed by atoms with Crippen LogP contribution in [0.3, 0.4) is 0 Å². The molecule has 0 N–H and O–H groups in total. The van der Waals surface area contributed by atoms with Gasteiger partial charge in [0.05, 0.1) is 11.8 Å². The van der Waals surface area contributed by atoms with Crippen LogP contribution in [0.4, 0.5) is 0 Å². The molecule has 0 aliphatic heterocycles. The summed E-state index contributed by atoms with van der Waals surface area (Å²) in [6, 6.07) is 3.84. The third-order valence-electron chi connectivity index (χ3n) is 2.97. The zero-order valence-corrected chi connectivity index (χ0v) is 8.90. The van der Waals surface area contributed by atoms with E-state index in [-0.39, 0.29) is 11.7 Å². The number of rotatable bonds is 1. The lowest BCUT2D eigenvalue weighted by molar-refractivity contribution is 0.0955. The molecule has 16 heavy (non-hydrogen) atoms. The highest BCUT2D eigenvalue weighted by Gasteiger charge is 2.30. The maximum atomic E-state index is 11.8. The first-order valence-corrected chi connectivity index (χ1v) is 5.27. The van der Waals surface area contributed by atoms with Crippen molar-refractivity contribution in [2.45, 2.75) is 25.7 Å². The topological polar surface area (TPSA) is 56.2 Å². The van der Waals surface area contributed by atoms with Crippen LogP contribution in [-0.2, 0) is 6.42 Å². The van der Waals surface area contributed by atoms with Crippen molar-refractivity contribution in [3.63, 3.8) is 0 Å². The molecule has 0 saturated heterocycles. The molecular formula is C12H11NO3. The van der Waals surface area contributed by atoms with Crippen molar-refractivity contribution in [1.29, 1.82) is 0 Å². The molecule has 1 atom stereocenters. The summed E-state index contributed by atoms with van der Waals surface area (Å²) in [5, 5.41) is 3.66. The number of carbonyl (C=O) groups is 1. The molecule has 1 aliphatic rings. The Labute approximate surface area is 92.2 Å². The van der Waals surface area contributed by atoms with Crippen LogP contribution in [0.25, 0.3) is 0 Å². The molecule has 4 nitrogen and oxygen atoms in total. The molecule has 0 amide bonds. The molecule has 0 bridgehead atoms. The molecule has 2 heterocycles. The van der Waals surface area contributed by atoms with Crippen LogP contribution in [-0.4, -0.2) is 10.9 Å². The molecule has 2 aromatic rings. The van der Waals surface area contributed by atoms with E-state index in [9.17, 15) is 4.79 Å². The van der Waals surface area contributed by atoms with E-state index in [1.54, 1.807) is 0 Å². The van der Waals surface area contributed by atoms with Gasteiger partial charge in [0.2, 0.25) is 0 Å². The first-order chi connectivity index (χ1) is 7.74. The van der Waals surface area contributed by atoms with Gasteiger partial charge < -0.3 is 8.94 Å². The number of hydrogen-bond donors (Lipinski definition) is 0. The van der Waals surface area contributed by atoms with E-state index < -0.39 is 0 Å². The fourth-order valence-electron chi connectivity index (χ4n) is 2.14. The van der Waals surface area contributed by atoms with Crippen LogP contribution < -0.4 is 0 Å². The Morgan fingerprint density at radius 3 is 3.00 bits per heavy atom. The van der Waals surface area contributed by atoms with Gasteiger partial charge in [-0.1, -0.05) is 5.16 Å². The molecule has 82 valence electrons. The summed E-state index contributed by atoms with van der Waals surface area (Å²) >= 11 is 0. The number of hydrogen-bond acceptors (Lipinski definition) is 4. The number of aryl methyl sites for hydroxylation is 1. The van der Waals surface area contributed by atoms with Crippen LogP contribution >= 0.6 is 0 Å². The van der Waals surface area contributed by atoms with Crippen LogP contribution in [0.5, 0.6) is 0 Å². The Bertz CT molecular complexity index is 538. The van der Waals surface area contributed by atoms with E-state index in [0.29, 0.717) is 24.2 Å². The average Bonchev–Trinajstić information content (AvgIpc) is 2.85. The number of furan rings is 1. The summed E-state index contributed by atoms with van der Waals surface area (Å²) in [4.78, 5) is 11.8. The van der Waals surface area contributed by atoms with Crippen LogP contribution in [0.1, 0.15) is 40.0 Å². The van der Waals surface area contributed by atoms with Crippen LogP contribution in [0, 0.1) is 6.92 Å². The molecule has 2 aromatic heterocycles. The second-order valence-corrected chi connectivity index (χ2v) is 4.14. The summed E-state index contributed by atoms with van der Waals surface area (Å²) in [7, 11) is 0. The van der Waals surface area contributed by atoms with Crippen LogP contribution in [0.15, 0.2) is 27.3 Å². The van der Waals surface area contributed by atoms with Crippen molar-refractivity contribution in [1.82, 2.24) is 5.16 Å². The fourth-order valence-corrected chi connectivity index (χ4v) is 2.14. The molecule has 0 unspecified atom stereocenters. The van der Waals surface area contributed by atoms with Crippen molar-refractivity contribution < 1.29 is 13.7 Å². The van der Waals surface area contributed by atoms with Crippen molar-refractivity contribution in [2.24, 2.45) is 0 Å². The molecule has 3 rings (SSSR count). The summed E-state index contributed by atoms with van der Waals surface area (Å²) < 4.78 is 10.6. The van der Waals surface area contributed by atoms with Crippen molar-refractivity contribution in [2.75, 3.05) is 0 Å². The van der Waals surface area contributed by atoms with Gasteiger partial charge in [-0.25, -0.2) is 0 Å². The second kappa shape index (κ2) is 3.33. The Balaban J connectivity index is 1.94. The number of aromatic nitrogens is 1. The number of nitrogens with zero attached hydrogens (tertiary/aromatic N) is 1. The minimum Gasteiger partial charge on any atom is -0.466 e. The smallest absolute Gasteiger partial charge is 0.168 e. The first kappa shape index (κ1) is 9.39. The monoisotopic (exact) mass is 217 g/mol. The second-order valence-electron chi connectivity index (χ2n) is 4.14. The number of Topliss-reactive ketones (excluding diaryl/α,β-unsaturated/α-hetero) is 1. The van der Waals surface area contributed by atoms with Crippen LogP contribution in [0.2, 0.25) is 0 Å². The van der Waals surface area contributed by atoms with Gasteiger partial charge in [0, 0.05) is 18.8 Å². The van der Waals surface area contributed by atoms with Gasteiger partial charge in [-0.05, 0) is 19.1 Å². The van der Waals surface area contributed by atoms with Gasteiger partial charge in [0.25, 0.3) is 0 Å². The number of fused-ring (bicyclic) bond motifs is 1. The Morgan fingerprint density at radius 2 is 2.25 bits per heavy atom. The van der Waals surface area contributed by atoms with Gasteiger partial charge in [-0.2, -0.15) is 0 Å². The SMILES string of the molecule is Cc1ccc([C@H]2CC(=O)c3cnoc3C2)o1. The van der Waals surface area contributed by atoms with Gasteiger partial charge in [0.1, 0.15) is 17.3 Å². The molecule has 0 fully saturated rings. The third-order valence-corrected chi connectivity index (χ3v) is 2.97. The maximum Gasteiger partial charge on any atom is 0.168 e. The quantitative estimate of drug-likeness (QED) is 0.736. The lowest BCUT2D eigenvalue weighted by Crippen LogP contribution is -2.16. The fraction of sp³-hybridized carbons (Fsp3) is 0.333. The Kier molecular flexibility index (Phi) is 1.96. The number of carbonyl (C=O) groups excluding carboxylic acids is 1. The molecule has 0 aromatic carbocycles. The van der Waals surface area contributed by atoms with E-state index >= 15 is 0 Å². The highest BCUT2D eigenvalue weighted by molar-refractivity contribution is 5.98. The van der Waals surface area contributed by atoms with Gasteiger partial charge in [-0.15, -0.1) is 0 Å². The lowest BCUT2D eigenvalue weighted by Gasteiger charge is -2.17. The third kappa shape index (κ3) is 1.38. The largest absolute Gasteiger partial charge is 0.466 e.